The Kier molecular flexibility index (Phi) is 18.2. The van der Waals surface area contributed by atoms with E-state index in [0.717, 1.165) is 117 Å². The number of piperidine rings is 8. The van der Waals surface area contributed by atoms with Gasteiger partial charge in [-0.25, -0.2) is 14.4 Å². The zero-order chi connectivity index (χ0) is 61.2. The molecule has 0 bridgehead atoms. The van der Waals surface area contributed by atoms with E-state index in [9.17, 15) is 69.6 Å². The van der Waals surface area contributed by atoms with Gasteiger partial charge in [0.1, 0.15) is 17.8 Å². The number of carbonyl (C=O) groups excluding carboxylic acids is 4. The highest BCUT2D eigenvalue weighted by Gasteiger charge is 2.52. The predicted molar refractivity (Wildman–Crippen MR) is 314 cm³/mol. The second-order valence-corrected chi connectivity index (χ2v) is 24.9. The molecule has 0 spiro atoms. The molecule has 21 nitrogen and oxygen atoms in total. The highest BCUT2D eigenvalue weighted by Crippen LogP contribution is 2.51. The first kappa shape index (κ1) is 60.6. The van der Waals surface area contributed by atoms with Crippen LogP contribution in [0.2, 0.25) is 0 Å². The van der Waals surface area contributed by atoms with Gasteiger partial charge in [0.25, 0.3) is 0 Å². The molecule has 4 aromatic carbocycles. The summed E-state index contributed by atoms with van der Waals surface area (Å²) in [6.45, 7) is 7.41. The van der Waals surface area contributed by atoms with Crippen molar-refractivity contribution in [2.75, 3.05) is 39.3 Å². The number of hydrogen-bond donors (Lipinski definition) is 8. The summed E-state index contributed by atoms with van der Waals surface area (Å²) in [5.74, 6) is -5.31. The fraction of sp³-hybridized carbons (Fsp3) is 0.515. The molecule has 8 N–H and O–H groups in total. The molecule has 13 rings (SSSR count). The number of carboxylic acid groups (broad SMARTS) is 2. The molecule has 0 aromatic heterocycles. The van der Waals surface area contributed by atoms with Crippen molar-refractivity contribution in [3.05, 3.63) is 107 Å². The average molecular weight is 1200 g/mol. The van der Waals surface area contributed by atoms with Gasteiger partial charge < -0.3 is 64.9 Å². The molecule has 4 aromatic rings. The number of rotatable bonds is 12. The minimum Gasteiger partial charge on any atom is -0.504 e. The van der Waals surface area contributed by atoms with Gasteiger partial charge in [0, 0.05) is 74.6 Å². The summed E-state index contributed by atoms with van der Waals surface area (Å²) in [5, 5.41) is 78.3. The minimum absolute atomic E-state index is 0.121. The minimum atomic E-state index is -1.78. The lowest BCUT2D eigenvalue weighted by Gasteiger charge is -2.58. The standard InChI is InChI=1S/C36H30O15.2C15H24N2O/c37-21-8-4-17(12-24(21)40)14-28(34(44)45)49-30(43)11-7-19-2-1-3-27-31(19)32(33(50-27)20-6-10-23(39)26(42)16-20)36(48)51-29(35(46)47)15-18-5-9-22(38)25(41)13-18;2*18-14-7-1-6-13-12-5-3-9-16-8-2-4-11(15(12)16)10-17(13)14/h1-13,16,28-29,32-33,37-42H,14-15H2,(H,44,45)(H,46,47);2*11-13,15H,1-10H2/b11-7+;;/t28-,29-,32+,33-;;/m1../s1. The van der Waals surface area contributed by atoms with Gasteiger partial charge in [0.05, 0.1) is 0 Å². The smallest absolute Gasteiger partial charge is 0.345 e. The second kappa shape index (κ2) is 26.1. The van der Waals surface area contributed by atoms with Crippen molar-refractivity contribution in [2.24, 2.45) is 23.7 Å². The molecule has 87 heavy (non-hydrogen) atoms. The number of phenolic OH excluding ortho intramolecular Hbond substituents is 6. The highest BCUT2D eigenvalue weighted by molar-refractivity contribution is 5.91. The molecular weight excluding hydrogens is 1120 g/mol. The molecular formula is C66H78N4O17. The summed E-state index contributed by atoms with van der Waals surface area (Å²) in [6.07, 6.45) is 14.0. The van der Waals surface area contributed by atoms with Gasteiger partial charge in [-0.2, -0.15) is 0 Å². The molecule has 9 aliphatic heterocycles. The Bertz CT molecular complexity index is 3210. The number of benzene rings is 4. The number of phenols is 6. The van der Waals surface area contributed by atoms with Gasteiger partial charge in [-0.05, 0) is 198 Å². The van der Waals surface area contributed by atoms with Crippen LogP contribution < -0.4 is 4.74 Å². The first-order chi connectivity index (χ1) is 41.9. The summed E-state index contributed by atoms with van der Waals surface area (Å²) in [4.78, 5) is 85.2. The van der Waals surface area contributed by atoms with Crippen LogP contribution >= 0.6 is 0 Å². The summed E-state index contributed by atoms with van der Waals surface area (Å²) in [5.41, 5.74) is 1.00. The Labute approximate surface area is 504 Å². The number of carboxylic acids is 2. The Morgan fingerprint density at radius 3 is 1.54 bits per heavy atom. The molecule has 0 aliphatic carbocycles. The molecule has 9 aliphatic rings. The lowest BCUT2D eigenvalue weighted by atomic mass is 9.68. The van der Waals surface area contributed by atoms with Crippen LogP contribution in [0.1, 0.15) is 130 Å². The van der Waals surface area contributed by atoms with Gasteiger partial charge in [0.15, 0.2) is 34.5 Å². The number of fused-ring (bicyclic) bond motifs is 5. The summed E-state index contributed by atoms with van der Waals surface area (Å²) < 4.78 is 16.7. The van der Waals surface area contributed by atoms with Crippen molar-refractivity contribution in [3.8, 4) is 40.2 Å². The maximum atomic E-state index is 13.9. The number of aliphatic carboxylic acids is 2. The number of amides is 2. The summed E-state index contributed by atoms with van der Waals surface area (Å²) in [6, 6.07) is 18.2. The molecule has 0 radical (unpaired) electrons. The van der Waals surface area contributed by atoms with E-state index < -0.39 is 89.0 Å². The van der Waals surface area contributed by atoms with E-state index in [2.05, 4.69) is 19.6 Å². The van der Waals surface area contributed by atoms with Crippen molar-refractivity contribution >= 4 is 41.8 Å². The van der Waals surface area contributed by atoms with Gasteiger partial charge >= 0.3 is 23.9 Å². The Balaban J connectivity index is 0.000000173. The van der Waals surface area contributed by atoms with Gasteiger partial charge in [-0.1, -0.05) is 30.3 Å². The lowest BCUT2D eigenvalue weighted by Crippen LogP contribution is -2.66. The zero-order valence-corrected chi connectivity index (χ0v) is 48.6. The predicted octanol–water partition coefficient (Wildman–Crippen LogP) is 7.37. The van der Waals surface area contributed by atoms with E-state index in [1.165, 1.54) is 133 Å². The molecule has 2 amide bonds. The number of nitrogens with zero attached hydrogens (tertiary/aromatic N) is 4. The molecule has 0 saturated carbocycles. The second-order valence-electron chi connectivity index (χ2n) is 24.9. The van der Waals surface area contributed by atoms with E-state index in [4.69, 9.17) is 14.2 Å². The van der Waals surface area contributed by atoms with Gasteiger partial charge in [-0.15, -0.1) is 0 Å². The van der Waals surface area contributed by atoms with Crippen molar-refractivity contribution in [1.82, 2.24) is 19.6 Å². The number of ether oxygens (including phenoxy) is 3. The maximum Gasteiger partial charge on any atom is 0.345 e. The summed E-state index contributed by atoms with van der Waals surface area (Å²) in [7, 11) is 0. The van der Waals surface area contributed by atoms with E-state index in [0.29, 0.717) is 23.9 Å². The van der Waals surface area contributed by atoms with Crippen LogP contribution in [0.25, 0.3) is 6.08 Å². The fourth-order valence-corrected chi connectivity index (χ4v) is 16.0. The largest absolute Gasteiger partial charge is 0.504 e. The van der Waals surface area contributed by atoms with E-state index in [1.54, 1.807) is 0 Å². The number of carbonyl (C=O) groups is 6. The lowest BCUT2D eigenvalue weighted by molar-refractivity contribution is -0.166. The zero-order valence-electron chi connectivity index (χ0n) is 48.6. The fourth-order valence-electron chi connectivity index (χ4n) is 16.0. The van der Waals surface area contributed by atoms with Crippen LogP contribution in [0.4, 0.5) is 0 Å². The van der Waals surface area contributed by atoms with Crippen molar-refractivity contribution < 1.29 is 83.8 Å². The maximum absolute atomic E-state index is 13.9. The molecule has 8 fully saturated rings. The number of aromatic hydroxyl groups is 6. The van der Waals surface area contributed by atoms with E-state index in [1.807, 2.05) is 0 Å². The average Bonchev–Trinajstić information content (AvgIpc) is 3.35. The molecule has 464 valence electrons. The van der Waals surface area contributed by atoms with Crippen molar-refractivity contribution in [2.45, 2.75) is 151 Å². The third kappa shape index (κ3) is 13.0. The monoisotopic (exact) mass is 1200 g/mol. The molecule has 21 heteroatoms. The Morgan fingerprint density at radius 2 is 1.05 bits per heavy atom. The summed E-state index contributed by atoms with van der Waals surface area (Å²) >= 11 is 0. The van der Waals surface area contributed by atoms with Crippen LogP contribution in [-0.4, -0.2) is 172 Å². The Hall–Kier alpha value is -8.04. The molecule has 8 saturated heterocycles. The number of esters is 2. The van der Waals surface area contributed by atoms with Crippen LogP contribution in [0.15, 0.2) is 78.9 Å². The van der Waals surface area contributed by atoms with Crippen molar-refractivity contribution in [1.29, 1.82) is 0 Å². The normalized spacial score (nSPS) is 27.8. The van der Waals surface area contributed by atoms with Crippen LogP contribution in [0, 0.1) is 23.7 Å². The van der Waals surface area contributed by atoms with Crippen LogP contribution in [0.5, 0.6) is 40.2 Å². The topological polar surface area (TPSA) is 305 Å². The van der Waals surface area contributed by atoms with Gasteiger partial charge in [0.2, 0.25) is 24.0 Å². The SMILES string of the molecule is O=C(/C=C/c1cccc2c1[C@H](C(=O)O[C@H](Cc1ccc(O)c(O)c1)C(=O)O)[C@@H](c1ccc(O)c(O)c1)O2)O[C@H](Cc1ccc(O)c(O)c1)C(=O)O.O=C1CCCC2C3CCCN4CCCC(CN12)C34.O=C1CCCC2C3CCCN4CCCC(CN12)C34. The highest BCUT2D eigenvalue weighted by atomic mass is 16.6. The first-order valence-corrected chi connectivity index (χ1v) is 30.9. The molecule has 9 heterocycles. The van der Waals surface area contributed by atoms with Gasteiger partial charge in [-0.3, -0.25) is 24.2 Å². The van der Waals surface area contributed by atoms with E-state index >= 15 is 0 Å². The number of hydrogen-bond acceptors (Lipinski definition) is 17. The van der Waals surface area contributed by atoms with Crippen LogP contribution in [0.3, 0.4) is 0 Å². The van der Waals surface area contributed by atoms with E-state index in [-0.39, 0.29) is 40.0 Å². The first-order valence-electron chi connectivity index (χ1n) is 30.9. The van der Waals surface area contributed by atoms with Crippen molar-refractivity contribution in [3.63, 3.8) is 0 Å². The third-order valence-corrected chi connectivity index (χ3v) is 19.7. The quantitative estimate of drug-likeness (QED) is 0.0390. The molecule has 8 unspecified atom stereocenters. The Morgan fingerprint density at radius 1 is 0.563 bits per heavy atom. The van der Waals surface area contributed by atoms with Crippen LogP contribution in [-0.2, 0) is 51.1 Å². The molecule has 12 atom stereocenters. The third-order valence-electron chi connectivity index (χ3n) is 19.7.